The average molecular weight is 321 g/mol. The molecule has 0 fully saturated rings. The van der Waals surface area contributed by atoms with Gasteiger partial charge in [0.15, 0.2) is 9.84 Å². The first-order chi connectivity index (χ1) is 10.3. The summed E-state index contributed by atoms with van der Waals surface area (Å²) < 4.78 is 28.1. The molecule has 1 heterocycles. The van der Waals surface area contributed by atoms with E-state index in [9.17, 15) is 13.2 Å². The molecule has 6 heteroatoms. The predicted molar refractivity (Wildman–Crippen MR) is 84.2 cm³/mol. The maximum Gasteiger partial charge on any atom is 0.254 e. The Morgan fingerprint density at radius 1 is 1.27 bits per heavy atom. The van der Waals surface area contributed by atoms with Crippen LogP contribution >= 0.6 is 0 Å². The minimum absolute atomic E-state index is 0.0778. The van der Waals surface area contributed by atoms with Gasteiger partial charge in [-0.1, -0.05) is 12.1 Å². The maximum atomic E-state index is 12.5. The fourth-order valence-electron chi connectivity index (χ4n) is 2.20. The SMILES string of the molecule is CC(c1ccco1)N(C)C(=O)c1cccc(CS(C)(=O)=O)c1. The van der Waals surface area contributed by atoms with E-state index in [4.69, 9.17) is 4.42 Å². The quantitative estimate of drug-likeness (QED) is 0.849. The molecule has 0 aliphatic heterocycles. The number of hydrogen-bond donors (Lipinski definition) is 0. The highest BCUT2D eigenvalue weighted by Gasteiger charge is 2.21. The molecule has 22 heavy (non-hydrogen) atoms. The zero-order valence-corrected chi connectivity index (χ0v) is 13.6. The molecule has 0 N–H and O–H groups in total. The van der Waals surface area contributed by atoms with E-state index in [2.05, 4.69) is 0 Å². The molecule has 1 aromatic carbocycles. The smallest absolute Gasteiger partial charge is 0.254 e. The lowest BCUT2D eigenvalue weighted by Gasteiger charge is -2.23. The van der Waals surface area contributed by atoms with Crippen LogP contribution in [-0.2, 0) is 15.6 Å². The summed E-state index contributed by atoms with van der Waals surface area (Å²) >= 11 is 0. The van der Waals surface area contributed by atoms with E-state index in [1.165, 1.54) is 6.26 Å². The fourth-order valence-corrected chi connectivity index (χ4v) is 2.98. The second-order valence-electron chi connectivity index (χ2n) is 5.38. The van der Waals surface area contributed by atoms with Crippen LogP contribution in [-0.4, -0.2) is 32.5 Å². The molecule has 0 radical (unpaired) electrons. The lowest BCUT2D eigenvalue weighted by Crippen LogP contribution is -2.29. The Hall–Kier alpha value is -2.08. The molecular weight excluding hydrogens is 302 g/mol. The summed E-state index contributed by atoms with van der Waals surface area (Å²) in [6.07, 6.45) is 2.74. The summed E-state index contributed by atoms with van der Waals surface area (Å²) in [6, 6.07) is 10.1. The lowest BCUT2D eigenvalue weighted by molar-refractivity contribution is 0.0726. The monoisotopic (exact) mass is 321 g/mol. The number of carbonyl (C=O) groups is 1. The van der Waals surface area contributed by atoms with E-state index in [0.29, 0.717) is 16.9 Å². The van der Waals surface area contributed by atoms with Crippen molar-refractivity contribution in [3.05, 3.63) is 59.5 Å². The Kier molecular flexibility index (Phi) is 4.71. The largest absolute Gasteiger partial charge is 0.467 e. The van der Waals surface area contributed by atoms with Crippen LogP contribution in [0.5, 0.6) is 0 Å². The Balaban J connectivity index is 2.20. The molecule has 2 aromatic rings. The number of hydrogen-bond acceptors (Lipinski definition) is 4. The first-order valence-corrected chi connectivity index (χ1v) is 8.91. The van der Waals surface area contributed by atoms with Gasteiger partial charge in [0.05, 0.1) is 18.1 Å². The van der Waals surface area contributed by atoms with Gasteiger partial charge in [-0.2, -0.15) is 0 Å². The molecule has 0 saturated heterocycles. The van der Waals surface area contributed by atoms with Crippen molar-refractivity contribution in [3.8, 4) is 0 Å². The summed E-state index contributed by atoms with van der Waals surface area (Å²) in [5.74, 6) is 0.438. The summed E-state index contributed by atoms with van der Waals surface area (Å²) in [4.78, 5) is 14.1. The van der Waals surface area contributed by atoms with Crippen LogP contribution in [0.1, 0.15) is 34.6 Å². The van der Waals surface area contributed by atoms with Crippen LogP contribution in [0.4, 0.5) is 0 Å². The van der Waals surface area contributed by atoms with Crippen molar-refractivity contribution in [1.82, 2.24) is 4.90 Å². The first kappa shape index (κ1) is 16.3. The van der Waals surface area contributed by atoms with Crippen LogP contribution in [0.25, 0.3) is 0 Å². The van der Waals surface area contributed by atoms with Crippen LogP contribution in [0, 0.1) is 0 Å². The van der Waals surface area contributed by atoms with Gasteiger partial charge in [-0.15, -0.1) is 0 Å². The van der Waals surface area contributed by atoms with Crippen molar-refractivity contribution >= 4 is 15.7 Å². The van der Waals surface area contributed by atoms with E-state index in [1.807, 2.05) is 13.0 Å². The second kappa shape index (κ2) is 6.36. The van der Waals surface area contributed by atoms with Gasteiger partial charge in [-0.25, -0.2) is 8.42 Å². The highest BCUT2D eigenvalue weighted by molar-refractivity contribution is 7.89. The van der Waals surface area contributed by atoms with Crippen molar-refractivity contribution < 1.29 is 17.6 Å². The van der Waals surface area contributed by atoms with E-state index >= 15 is 0 Å². The van der Waals surface area contributed by atoms with Crippen molar-refractivity contribution in [2.75, 3.05) is 13.3 Å². The number of rotatable bonds is 5. The Labute approximate surface area is 130 Å². The van der Waals surface area contributed by atoms with Crippen molar-refractivity contribution in [1.29, 1.82) is 0 Å². The molecule has 5 nitrogen and oxygen atoms in total. The summed E-state index contributed by atoms with van der Waals surface area (Å²) in [7, 11) is -1.44. The van der Waals surface area contributed by atoms with Crippen LogP contribution in [0.15, 0.2) is 47.1 Å². The molecule has 1 atom stereocenters. The molecule has 0 spiro atoms. The highest BCUT2D eigenvalue weighted by atomic mass is 32.2. The standard InChI is InChI=1S/C16H19NO4S/c1-12(15-8-5-9-21-15)17(2)16(18)14-7-4-6-13(10-14)11-22(3,19)20/h4-10,12H,11H2,1-3H3. The number of nitrogens with zero attached hydrogens (tertiary/aromatic N) is 1. The number of benzene rings is 1. The average Bonchev–Trinajstić information content (AvgIpc) is 2.97. The summed E-state index contributed by atoms with van der Waals surface area (Å²) in [5, 5.41) is 0. The second-order valence-corrected chi connectivity index (χ2v) is 7.52. The number of furan rings is 1. The van der Waals surface area contributed by atoms with Gasteiger partial charge in [-0.05, 0) is 36.8 Å². The Bertz CT molecular complexity index is 750. The minimum Gasteiger partial charge on any atom is -0.467 e. The third-order valence-corrected chi connectivity index (χ3v) is 4.32. The molecule has 0 aliphatic carbocycles. The van der Waals surface area contributed by atoms with E-state index < -0.39 is 9.84 Å². The van der Waals surface area contributed by atoms with Gasteiger partial charge in [-0.3, -0.25) is 4.79 Å². The number of carbonyl (C=O) groups excluding carboxylic acids is 1. The van der Waals surface area contributed by atoms with E-state index in [0.717, 1.165) is 0 Å². The molecule has 1 aromatic heterocycles. The summed E-state index contributed by atoms with van der Waals surface area (Å²) in [6.45, 7) is 1.87. The third kappa shape index (κ3) is 3.98. The van der Waals surface area contributed by atoms with Gasteiger partial charge < -0.3 is 9.32 Å². The topological polar surface area (TPSA) is 67.6 Å². The zero-order valence-electron chi connectivity index (χ0n) is 12.8. The van der Waals surface area contributed by atoms with Gasteiger partial charge in [0.2, 0.25) is 0 Å². The van der Waals surface area contributed by atoms with Gasteiger partial charge in [0, 0.05) is 18.9 Å². The molecule has 118 valence electrons. The van der Waals surface area contributed by atoms with E-state index in [-0.39, 0.29) is 17.7 Å². The molecule has 1 amide bonds. The lowest BCUT2D eigenvalue weighted by atomic mass is 10.1. The molecule has 1 unspecified atom stereocenters. The van der Waals surface area contributed by atoms with Crippen LogP contribution in [0.3, 0.4) is 0 Å². The summed E-state index contributed by atoms with van der Waals surface area (Å²) in [5.41, 5.74) is 1.06. The normalized spacial score (nSPS) is 12.9. The molecular formula is C16H19NO4S. The fraction of sp³-hybridized carbons (Fsp3) is 0.312. The van der Waals surface area contributed by atoms with Gasteiger partial charge in [0.25, 0.3) is 5.91 Å². The highest BCUT2D eigenvalue weighted by Crippen LogP contribution is 2.21. The predicted octanol–water partition coefficient (Wildman–Crippen LogP) is 2.66. The third-order valence-electron chi connectivity index (χ3n) is 3.46. The van der Waals surface area contributed by atoms with Crippen molar-refractivity contribution in [3.63, 3.8) is 0 Å². The molecule has 2 rings (SSSR count). The zero-order chi connectivity index (χ0) is 16.3. The van der Waals surface area contributed by atoms with Crippen molar-refractivity contribution in [2.24, 2.45) is 0 Å². The van der Waals surface area contributed by atoms with Crippen LogP contribution in [0.2, 0.25) is 0 Å². The minimum atomic E-state index is -3.13. The van der Waals surface area contributed by atoms with Gasteiger partial charge >= 0.3 is 0 Å². The number of sulfone groups is 1. The molecule has 0 aliphatic rings. The Morgan fingerprint density at radius 2 is 2.00 bits per heavy atom. The first-order valence-electron chi connectivity index (χ1n) is 6.85. The van der Waals surface area contributed by atoms with Gasteiger partial charge in [0.1, 0.15) is 5.76 Å². The molecule has 0 saturated carbocycles. The number of amides is 1. The van der Waals surface area contributed by atoms with E-state index in [1.54, 1.807) is 48.5 Å². The molecule has 0 bridgehead atoms. The Morgan fingerprint density at radius 3 is 2.59 bits per heavy atom. The van der Waals surface area contributed by atoms with Crippen LogP contribution < -0.4 is 0 Å². The maximum absolute atomic E-state index is 12.5. The van der Waals surface area contributed by atoms with Crippen molar-refractivity contribution in [2.45, 2.75) is 18.7 Å².